The number of nitrogens with one attached hydrogen (secondary N) is 1. The fourth-order valence-corrected chi connectivity index (χ4v) is 1.33. The molecule has 3 nitrogen and oxygen atoms in total. The molecule has 1 rings (SSSR count). The summed E-state index contributed by atoms with van der Waals surface area (Å²) in [6.45, 7) is 7.57. The van der Waals surface area contributed by atoms with Crippen molar-refractivity contribution in [2.45, 2.75) is 39.4 Å². The van der Waals surface area contributed by atoms with Crippen LogP contribution in [-0.2, 0) is 9.53 Å². The van der Waals surface area contributed by atoms with Gasteiger partial charge in [-0.15, -0.1) is 0 Å². The molecule has 0 aromatic carbocycles. The van der Waals surface area contributed by atoms with Gasteiger partial charge in [0.1, 0.15) is 0 Å². The highest BCUT2D eigenvalue weighted by Gasteiger charge is 2.39. The largest absolute Gasteiger partial charge is 0.379 e. The molecule has 1 atom stereocenters. The first kappa shape index (κ1) is 11.4. The summed E-state index contributed by atoms with van der Waals surface area (Å²) in [6.07, 6.45) is 0. The molecule has 4 heteroatoms. The van der Waals surface area contributed by atoms with Crippen LogP contribution in [0.4, 0.5) is 4.39 Å². The maximum atomic E-state index is 13.2. The number of rotatable bonds is 2. The lowest BCUT2D eigenvalue weighted by Gasteiger charge is -2.27. The minimum absolute atomic E-state index is 0.0926. The standard InChI is InChI=1S/C10H18FNO2/c1-9(2)6-14-5-7(9)12-8(13)10(3,4)11/h7H,5-6H2,1-4H3,(H,12,13). The maximum Gasteiger partial charge on any atom is 0.257 e. The van der Waals surface area contributed by atoms with Gasteiger partial charge in [0.05, 0.1) is 19.3 Å². The number of amides is 1. The van der Waals surface area contributed by atoms with E-state index in [1.165, 1.54) is 13.8 Å². The Hall–Kier alpha value is -0.640. The molecular weight excluding hydrogens is 185 g/mol. The molecule has 1 saturated heterocycles. The van der Waals surface area contributed by atoms with E-state index in [1.54, 1.807) is 0 Å². The van der Waals surface area contributed by atoms with Gasteiger partial charge in [0.2, 0.25) is 0 Å². The normalized spacial score (nSPS) is 26.2. The van der Waals surface area contributed by atoms with Crippen LogP contribution in [0.2, 0.25) is 0 Å². The molecule has 14 heavy (non-hydrogen) atoms. The monoisotopic (exact) mass is 203 g/mol. The Balaban J connectivity index is 2.57. The summed E-state index contributed by atoms with van der Waals surface area (Å²) in [7, 11) is 0. The van der Waals surface area contributed by atoms with Gasteiger partial charge in [-0.2, -0.15) is 0 Å². The van der Waals surface area contributed by atoms with Crippen molar-refractivity contribution in [1.82, 2.24) is 5.32 Å². The minimum atomic E-state index is -1.82. The zero-order valence-electron chi connectivity index (χ0n) is 9.19. The number of hydrogen-bond donors (Lipinski definition) is 1. The second kappa shape index (κ2) is 3.50. The number of hydrogen-bond acceptors (Lipinski definition) is 2. The van der Waals surface area contributed by atoms with E-state index in [2.05, 4.69) is 5.32 Å². The van der Waals surface area contributed by atoms with Crippen molar-refractivity contribution in [3.63, 3.8) is 0 Å². The third-order valence-corrected chi connectivity index (χ3v) is 2.55. The lowest BCUT2D eigenvalue weighted by molar-refractivity contribution is -0.132. The van der Waals surface area contributed by atoms with Crippen LogP contribution in [0, 0.1) is 5.41 Å². The molecule has 0 aliphatic carbocycles. The highest BCUT2D eigenvalue weighted by molar-refractivity contribution is 5.84. The van der Waals surface area contributed by atoms with Crippen molar-refractivity contribution in [3.05, 3.63) is 0 Å². The molecule has 1 fully saturated rings. The molecule has 1 aliphatic heterocycles. The second-order valence-corrected chi connectivity index (χ2v) is 5.00. The Morgan fingerprint density at radius 2 is 2.14 bits per heavy atom. The maximum absolute atomic E-state index is 13.2. The lowest BCUT2D eigenvalue weighted by atomic mass is 9.87. The molecule has 0 saturated carbocycles. The molecule has 1 heterocycles. The van der Waals surface area contributed by atoms with Gasteiger partial charge in [-0.1, -0.05) is 13.8 Å². The molecule has 1 aliphatic rings. The zero-order valence-corrected chi connectivity index (χ0v) is 9.19. The minimum Gasteiger partial charge on any atom is -0.379 e. The Labute approximate surface area is 84.0 Å². The van der Waals surface area contributed by atoms with Crippen LogP contribution in [0.5, 0.6) is 0 Å². The third-order valence-electron chi connectivity index (χ3n) is 2.55. The Bertz CT molecular complexity index is 233. The quantitative estimate of drug-likeness (QED) is 0.734. The van der Waals surface area contributed by atoms with Crippen molar-refractivity contribution >= 4 is 5.91 Å². The van der Waals surface area contributed by atoms with Crippen LogP contribution in [0.25, 0.3) is 0 Å². The zero-order chi connectivity index (χ0) is 11.0. The summed E-state index contributed by atoms with van der Waals surface area (Å²) in [5, 5.41) is 2.67. The first-order chi connectivity index (χ1) is 6.23. The van der Waals surface area contributed by atoms with Crippen molar-refractivity contribution in [1.29, 1.82) is 0 Å². The summed E-state index contributed by atoms with van der Waals surface area (Å²) in [6, 6.07) is -0.0926. The molecular formula is C10H18FNO2. The average molecular weight is 203 g/mol. The number of carbonyl (C=O) groups is 1. The summed E-state index contributed by atoms with van der Waals surface area (Å²) in [5.74, 6) is -0.568. The number of halogens is 1. The van der Waals surface area contributed by atoms with Crippen LogP contribution in [0.3, 0.4) is 0 Å². The molecule has 1 unspecified atom stereocenters. The molecule has 1 amide bonds. The highest BCUT2D eigenvalue weighted by Crippen LogP contribution is 2.27. The Morgan fingerprint density at radius 3 is 2.50 bits per heavy atom. The van der Waals surface area contributed by atoms with Crippen LogP contribution in [0.15, 0.2) is 0 Å². The van der Waals surface area contributed by atoms with E-state index in [0.717, 1.165) is 0 Å². The summed E-state index contributed by atoms with van der Waals surface area (Å²) < 4.78 is 18.5. The van der Waals surface area contributed by atoms with Gasteiger partial charge >= 0.3 is 0 Å². The van der Waals surface area contributed by atoms with Gasteiger partial charge in [0, 0.05) is 5.41 Å². The number of carbonyl (C=O) groups excluding carboxylic acids is 1. The molecule has 0 radical (unpaired) electrons. The van der Waals surface area contributed by atoms with E-state index >= 15 is 0 Å². The van der Waals surface area contributed by atoms with E-state index in [0.29, 0.717) is 13.2 Å². The first-order valence-electron chi connectivity index (χ1n) is 4.81. The highest BCUT2D eigenvalue weighted by atomic mass is 19.1. The van der Waals surface area contributed by atoms with Crippen LogP contribution < -0.4 is 5.32 Å². The Morgan fingerprint density at radius 1 is 1.57 bits per heavy atom. The van der Waals surface area contributed by atoms with Crippen LogP contribution >= 0.6 is 0 Å². The summed E-state index contributed by atoms with van der Waals surface area (Å²) in [5.41, 5.74) is -1.93. The molecule has 0 aromatic heterocycles. The van der Waals surface area contributed by atoms with E-state index in [-0.39, 0.29) is 11.5 Å². The van der Waals surface area contributed by atoms with Gasteiger partial charge in [-0.3, -0.25) is 4.79 Å². The van der Waals surface area contributed by atoms with Gasteiger partial charge < -0.3 is 10.1 Å². The summed E-state index contributed by atoms with van der Waals surface area (Å²) in [4.78, 5) is 11.4. The first-order valence-corrected chi connectivity index (χ1v) is 4.81. The Kier molecular flexibility index (Phi) is 2.86. The molecule has 1 N–H and O–H groups in total. The van der Waals surface area contributed by atoms with E-state index in [4.69, 9.17) is 4.74 Å². The van der Waals surface area contributed by atoms with Crippen LogP contribution in [0.1, 0.15) is 27.7 Å². The third kappa shape index (κ3) is 2.44. The second-order valence-electron chi connectivity index (χ2n) is 5.00. The molecule has 0 aromatic rings. The van der Waals surface area contributed by atoms with Gasteiger partial charge in [-0.25, -0.2) is 4.39 Å². The SMILES string of the molecule is CC(C)(F)C(=O)NC1COCC1(C)C. The average Bonchev–Trinajstić information content (AvgIpc) is 2.29. The van der Waals surface area contributed by atoms with E-state index in [9.17, 15) is 9.18 Å². The predicted molar refractivity (Wildman–Crippen MR) is 51.7 cm³/mol. The fraction of sp³-hybridized carbons (Fsp3) is 0.900. The number of ether oxygens (including phenoxy) is 1. The van der Waals surface area contributed by atoms with Crippen molar-refractivity contribution in [3.8, 4) is 0 Å². The molecule has 82 valence electrons. The predicted octanol–water partition coefficient (Wildman–Crippen LogP) is 1.28. The fourth-order valence-electron chi connectivity index (χ4n) is 1.33. The van der Waals surface area contributed by atoms with Gasteiger partial charge in [-0.05, 0) is 13.8 Å². The number of alkyl halides is 1. The summed E-state index contributed by atoms with van der Waals surface area (Å²) >= 11 is 0. The van der Waals surface area contributed by atoms with E-state index in [1.807, 2.05) is 13.8 Å². The van der Waals surface area contributed by atoms with Gasteiger partial charge in [0.15, 0.2) is 5.67 Å². The molecule has 0 bridgehead atoms. The van der Waals surface area contributed by atoms with E-state index < -0.39 is 11.6 Å². The van der Waals surface area contributed by atoms with Gasteiger partial charge in [0.25, 0.3) is 5.91 Å². The van der Waals surface area contributed by atoms with Crippen LogP contribution in [-0.4, -0.2) is 30.8 Å². The van der Waals surface area contributed by atoms with Crippen molar-refractivity contribution < 1.29 is 13.9 Å². The smallest absolute Gasteiger partial charge is 0.257 e. The molecule has 0 spiro atoms. The topological polar surface area (TPSA) is 38.3 Å². The lowest BCUT2D eigenvalue weighted by Crippen LogP contribution is -2.49. The van der Waals surface area contributed by atoms with Crippen molar-refractivity contribution in [2.24, 2.45) is 5.41 Å². The van der Waals surface area contributed by atoms with Crippen molar-refractivity contribution in [2.75, 3.05) is 13.2 Å².